The number of carbonyl (C=O) groups excluding carboxylic acids is 2. The summed E-state index contributed by atoms with van der Waals surface area (Å²) in [6, 6.07) is 3.28. The van der Waals surface area contributed by atoms with Crippen molar-refractivity contribution in [2.45, 2.75) is 6.04 Å². The number of amides is 2. The van der Waals surface area contributed by atoms with E-state index in [9.17, 15) is 14.0 Å². The van der Waals surface area contributed by atoms with E-state index in [2.05, 4.69) is 15.7 Å². The molecule has 0 aliphatic carbocycles. The van der Waals surface area contributed by atoms with Gasteiger partial charge >= 0.3 is 0 Å². The highest BCUT2D eigenvalue weighted by molar-refractivity contribution is 5.98. The Bertz CT molecular complexity index is 763. The molecule has 1 heterocycles. The zero-order chi connectivity index (χ0) is 17.9. The average Bonchev–Trinajstić information content (AvgIpc) is 2.95. The molecule has 9 heteroatoms. The van der Waals surface area contributed by atoms with Crippen molar-refractivity contribution in [3.8, 4) is 0 Å². The van der Waals surface area contributed by atoms with Crippen LogP contribution in [-0.4, -0.2) is 47.6 Å². The number of likely N-dealkylation sites (N-methyl/N-ethyl adjacent to an activating group) is 1. The van der Waals surface area contributed by atoms with Gasteiger partial charge in [-0.1, -0.05) is 0 Å². The third-order valence-corrected chi connectivity index (χ3v) is 3.48. The van der Waals surface area contributed by atoms with Crippen LogP contribution < -0.4 is 10.6 Å². The van der Waals surface area contributed by atoms with Gasteiger partial charge in [0.25, 0.3) is 5.91 Å². The maximum absolute atomic E-state index is 13.8. The van der Waals surface area contributed by atoms with Crippen LogP contribution in [0.5, 0.6) is 0 Å². The summed E-state index contributed by atoms with van der Waals surface area (Å²) in [4.78, 5) is 25.7. The first kappa shape index (κ1) is 20.6. The Hall–Kier alpha value is -2.45. The molecule has 7 nitrogen and oxygen atoms in total. The summed E-state index contributed by atoms with van der Waals surface area (Å²) in [5.41, 5.74) is 0.945. The second kappa shape index (κ2) is 8.59. The van der Waals surface area contributed by atoms with E-state index in [1.54, 1.807) is 31.2 Å². The Morgan fingerprint density at radius 3 is 2.52 bits per heavy atom. The van der Waals surface area contributed by atoms with Crippen LogP contribution in [0.3, 0.4) is 0 Å². The van der Waals surface area contributed by atoms with E-state index < -0.39 is 17.8 Å². The largest absolute Gasteiger partial charge is 0.345 e. The van der Waals surface area contributed by atoms with Gasteiger partial charge in [-0.3, -0.25) is 14.3 Å². The molecular weight excluding hydrogens is 349 g/mol. The molecule has 1 aromatic carbocycles. The second-order valence-corrected chi connectivity index (χ2v) is 5.55. The van der Waals surface area contributed by atoms with Crippen LogP contribution >= 0.6 is 12.4 Å². The number of carbonyl (C=O) groups is 2. The van der Waals surface area contributed by atoms with E-state index in [0.717, 1.165) is 6.07 Å². The number of hydrogen-bond acceptors (Lipinski definition) is 4. The summed E-state index contributed by atoms with van der Waals surface area (Å²) in [6.45, 7) is 0. The Kier molecular flexibility index (Phi) is 7.08. The lowest BCUT2D eigenvalue weighted by atomic mass is 10.1. The first-order chi connectivity index (χ1) is 11.3. The van der Waals surface area contributed by atoms with Crippen molar-refractivity contribution in [2.75, 3.05) is 26.5 Å². The molecule has 0 spiro atoms. The minimum Gasteiger partial charge on any atom is -0.345 e. The van der Waals surface area contributed by atoms with E-state index in [1.807, 2.05) is 0 Å². The summed E-state index contributed by atoms with van der Waals surface area (Å²) < 4.78 is 15.4. The number of aromatic nitrogens is 2. The molecule has 1 aromatic heterocycles. The van der Waals surface area contributed by atoms with Crippen molar-refractivity contribution < 1.29 is 14.0 Å². The molecule has 0 bridgehead atoms. The molecule has 0 radical (unpaired) electrons. The fourth-order valence-electron chi connectivity index (χ4n) is 2.26. The SMILES string of the molecule is CNC(C(=O)Nc1ccc(F)c(C(=O)N(C)C)c1)c1cnn(C)c1.Cl. The van der Waals surface area contributed by atoms with E-state index in [0.29, 0.717) is 11.3 Å². The van der Waals surface area contributed by atoms with Gasteiger partial charge in [0.1, 0.15) is 11.9 Å². The number of benzene rings is 1. The zero-order valence-corrected chi connectivity index (χ0v) is 15.2. The summed E-state index contributed by atoms with van der Waals surface area (Å²) in [5.74, 6) is -1.44. The van der Waals surface area contributed by atoms with Gasteiger partial charge in [-0.2, -0.15) is 5.10 Å². The van der Waals surface area contributed by atoms with Gasteiger partial charge in [0.2, 0.25) is 5.91 Å². The fraction of sp³-hybridized carbons (Fsp3) is 0.312. The van der Waals surface area contributed by atoms with Gasteiger partial charge in [0, 0.05) is 38.6 Å². The topological polar surface area (TPSA) is 79.3 Å². The molecule has 0 aliphatic heterocycles. The standard InChI is InChI=1S/C16H20FN5O2.ClH/c1-18-14(10-8-19-22(4)9-10)15(23)20-11-5-6-13(17)12(7-11)16(24)21(2)3;/h5-9,14,18H,1-4H3,(H,20,23);1H. The molecule has 0 saturated heterocycles. The molecule has 1 unspecified atom stereocenters. The number of anilines is 1. The van der Waals surface area contributed by atoms with Crippen LogP contribution in [0, 0.1) is 5.82 Å². The molecule has 25 heavy (non-hydrogen) atoms. The number of halogens is 2. The monoisotopic (exact) mass is 369 g/mol. The van der Waals surface area contributed by atoms with E-state index in [-0.39, 0.29) is 23.9 Å². The van der Waals surface area contributed by atoms with Crippen molar-refractivity contribution in [1.82, 2.24) is 20.0 Å². The Labute approximate surface area is 151 Å². The molecule has 0 saturated carbocycles. The smallest absolute Gasteiger partial charge is 0.256 e. The van der Waals surface area contributed by atoms with Crippen molar-refractivity contribution in [1.29, 1.82) is 0 Å². The summed E-state index contributed by atoms with van der Waals surface area (Å²) >= 11 is 0. The summed E-state index contributed by atoms with van der Waals surface area (Å²) in [5, 5.41) is 9.63. The van der Waals surface area contributed by atoms with E-state index in [1.165, 1.54) is 31.1 Å². The zero-order valence-electron chi connectivity index (χ0n) is 14.4. The van der Waals surface area contributed by atoms with Gasteiger partial charge in [0.05, 0.1) is 11.8 Å². The highest BCUT2D eigenvalue weighted by Gasteiger charge is 2.21. The van der Waals surface area contributed by atoms with Crippen molar-refractivity contribution in [2.24, 2.45) is 7.05 Å². The van der Waals surface area contributed by atoms with Gasteiger partial charge < -0.3 is 15.5 Å². The number of aryl methyl sites for hydroxylation is 1. The van der Waals surface area contributed by atoms with Crippen LogP contribution in [0.15, 0.2) is 30.6 Å². The molecule has 2 N–H and O–H groups in total. The maximum atomic E-state index is 13.8. The Balaban J connectivity index is 0.00000312. The van der Waals surface area contributed by atoms with Crippen molar-refractivity contribution >= 4 is 29.9 Å². The maximum Gasteiger partial charge on any atom is 0.256 e. The van der Waals surface area contributed by atoms with Gasteiger partial charge in [-0.15, -0.1) is 12.4 Å². The molecule has 1 atom stereocenters. The van der Waals surface area contributed by atoms with Crippen molar-refractivity contribution in [3.05, 3.63) is 47.5 Å². The van der Waals surface area contributed by atoms with Crippen LogP contribution in [-0.2, 0) is 11.8 Å². The average molecular weight is 370 g/mol. The lowest BCUT2D eigenvalue weighted by Gasteiger charge is -2.16. The van der Waals surface area contributed by atoms with Crippen LogP contribution in [0.4, 0.5) is 10.1 Å². The van der Waals surface area contributed by atoms with Crippen LogP contribution in [0.2, 0.25) is 0 Å². The second-order valence-electron chi connectivity index (χ2n) is 5.55. The number of nitrogens with one attached hydrogen (secondary N) is 2. The first-order valence-electron chi connectivity index (χ1n) is 7.31. The Morgan fingerprint density at radius 2 is 2.00 bits per heavy atom. The van der Waals surface area contributed by atoms with E-state index in [4.69, 9.17) is 0 Å². The van der Waals surface area contributed by atoms with Crippen LogP contribution in [0.25, 0.3) is 0 Å². The number of rotatable bonds is 5. The third kappa shape index (κ3) is 4.77. The normalized spacial score (nSPS) is 11.4. The predicted octanol–water partition coefficient (Wildman–Crippen LogP) is 1.58. The molecular formula is C16H21ClFN5O2. The van der Waals surface area contributed by atoms with Gasteiger partial charge in [0.15, 0.2) is 0 Å². The molecule has 0 fully saturated rings. The first-order valence-corrected chi connectivity index (χ1v) is 7.31. The third-order valence-electron chi connectivity index (χ3n) is 3.48. The fourth-order valence-corrected chi connectivity index (χ4v) is 2.26. The molecule has 136 valence electrons. The van der Waals surface area contributed by atoms with Gasteiger partial charge in [-0.05, 0) is 25.2 Å². The van der Waals surface area contributed by atoms with E-state index >= 15 is 0 Å². The molecule has 2 amide bonds. The number of nitrogens with zero attached hydrogens (tertiary/aromatic N) is 3. The lowest BCUT2D eigenvalue weighted by Crippen LogP contribution is -2.30. The highest BCUT2D eigenvalue weighted by Crippen LogP contribution is 2.19. The molecule has 2 rings (SSSR count). The summed E-state index contributed by atoms with van der Waals surface area (Å²) in [6.07, 6.45) is 3.32. The van der Waals surface area contributed by atoms with Crippen LogP contribution in [0.1, 0.15) is 22.0 Å². The molecule has 2 aromatic rings. The highest BCUT2D eigenvalue weighted by atomic mass is 35.5. The Morgan fingerprint density at radius 1 is 1.32 bits per heavy atom. The molecule has 0 aliphatic rings. The minimum absolute atomic E-state index is 0. The lowest BCUT2D eigenvalue weighted by molar-refractivity contribution is -0.118. The predicted molar refractivity (Wildman–Crippen MR) is 95.3 cm³/mol. The minimum atomic E-state index is -0.635. The summed E-state index contributed by atoms with van der Waals surface area (Å²) in [7, 11) is 6.48. The quantitative estimate of drug-likeness (QED) is 0.838. The van der Waals surface area contributed by atoms with Gasteiger partial charge in [-0.25, -0.2) is 4.39 Å². The number of hydrogen-bond donors (Lipinski definition) is 2. The van der Waals surface area contributed by atoms with Crippen molar-refractivity contribution in [3.63, 3.8) is 0 Å².